The molecule has 0 fully saturated rings. The summed E-state index contributed by atoms with van der Waals surface area (Å²) in [6, 6.07) is 14.1. The van der Waals surface area contributed by atoms with Crippen LogP contribution in [0, 0.1) is 0 Å². The van der Waals surface area contributed by atoms with Crippen molar-refractivity contribution in [3.05, 3.63) is 94.5 Å². The maximum absolute atomic E-state index is 13.1. The van der Waals surface area contributed by atoms with Crippen molar-refractivity contribution in [2.45, 2.75) is 6.18 Å². The molecule has 1 N–H and O–H groups in total. The van der Waals surface area contributed by atoms with Gasteiger partial charge >= 0.3 is 6.18 Å². The number of hydrogen-bond donors (Lipinski definition) is 1. The van der Waals surface area contributed by atoms with E-state index in [-0.39, 0.29) is 16.6 Å². The lowest BCUT2D eigenvalue weighted by Crippen LogP contribution is -2.20. The molecule has 8 heteroatoms. The van der Waals surface area contributed by atoms with E-state index in [1.165, 1.54) is 18.3 Å². The van der Waals surface area contributed by atoms with Gasteiger partial charge in [-0.05, 0) is 36.4 Å². The Labute approximate surface area is 168 Å². The fourth-order valence-electron chi connectivity index (χ4n) is 3.12. The number of pyridine rings is 2. The van der Waals surface area contributed by atoms with Crippen molar-refractivity contribution in [1.29, 1.82) is 0 Å². The van der Waals surface area contributed by atoms with Crippen molar-refractivity contribution < 1.29 is 18.3 Å². The number of rotatable bonds is 3. The Morgan fingerprint density at radius 2 is 1.67 bits per heavy atom. The fourth-order valence-corrected chi connectivity index (χ4v) is 3.12. The lowest BCUT2D eigenvalue weighted by Gasteiger charge is -2.15. The first-order chi connectivity index (χ1) is 14.4. The van der Waals surface area contributed by atoms with Gasteiger partial charge in [0.05, 0.1) is 22.5 Å². The van der Waals surface area contributed by atoms with Gasteiger partial charge in [0.1, 0.15) is 0 Å². The molecule has 0 saturated heterocycles. The first-order valence-corrected chi connectivity index (χ1v) is 8.85. The van der Waals surface area contributed by atoms with Gasteiger partial charge in [-0.25, -0.2) is 4.57 Å². The standard InChI is InChI=1S/C22H14F3N3O2/c23-22(24,25)14-4-3-5-16(12-14)28-20(29)18-7-2-1-6-17(18)19(21(28)30)13-27-15-8-10-26-11-9-15/h1-13,30H. The molecule has 0 bridgehead atoms. The average molecular weight is 409 g/mol. The molecule has 0 spiro atoms. The van der Waals surface area contributed by atoms with Gasteiger partial charge in [0, 0.05) is 29.4 Å². The molecule has 150 valence electrons. The van der Waals surface area contributed by atoms with Gasteiger partial charge in [-0.3, -0.25) is 14.8 Å². The summed E-state index contributed by atoms with van der Waals surface area (Å²) >= 11 is 0. The van der Waals surface area contributed by atoms with Crippen molar-refractivity contribution in [3.8, 4) is 11.6 Å². The summed E-state index contributed by atoms with van der Waals surface area (Å²) in [4.78, 5) is 21.2. The molecule has 0 unspecified atom stereocenters. The van der Waals surface area contributed by atoms with Crippen LogP contribution < -0.4 is 5.56 Å². The number of aromatic hydroxyl groups is 1. The molecule has 0 amide bonds. The molecule has 2 heterocycles. The number of alkyl halides is 3. The smallest absolute Gasteiger partial charge is 0.416 e. The summed E-state index contributed by atoms with van der Waals surface area (Å²) in [5.41, 5.74) is -0.892. The first-order valence-electron chi connectivity index (χ1n) is 8.85. The van der Waals surface area contributed by atoms with Crippen LogP contribution >= 0.6 is 0 Å². The minimum Gasteiger partial charge on any atom is -0.494 e. The van der Waals surface area contributed by atoms with Crippen molar-refractivity contribution in [2.24, 2.45) is 4.99 Å². The quantitative estimate of drug-likeness (QED) is 0.492. The van der Waals surface area contributed by atoms with Crippen LogP contribution in [0.5, 0.6) is 5.88 Å². The van der Waals surface area contributed by atoms with E-state index in [1.807, 2.05) is 0 Å². The Balaban J connectivity index is 1.98. The van der Waals surface area contributed by atoms with E-state index in [9.17, 15) is 23.1 Å². The van der Waals surface area contributed by atoms with Gasteiger partial charge in [0.2, 0.25) is 5.88 Å². The number of nitrogens with zero attached hydrogens (tertiary/aromatic N) is 3. The van der Waals surface area contributed by atoms with Crippen molar-refractivity contribution in [3.63, 3.8) is 0 Å². The summed E-state index contributed by atoms with van der Waals surface area (Å²) in [7, 11) is 0. The zero-order valence-electron chi connectivity index (χ0n) is 15.3. The van der Waals surface area contributed by atoms with E-state index in [2.05, 4.69) is 9.98 Å². The molecule has 0 aliphatic heterocycles. The van der Waals surface area contributed by atoms with E-state index in [0.717, 1.165) is 16.7 Å². The molecular formula is C22H14F3N3O2. The first kappa shape index (κ1) is 19.4. The molecule has 2 aromatic carbocycles. The van der Waals surface area contributed by atoms with Crippen LogP contribution in [-0.4, -0.2) is 20.9 Å². The Hall–Kier alpha value is -3.94. The summed E-state index contributed by atoms with van der Waals surface area (Å²) in [6.45, 7) is 0. The molecule has 0 saturated carbocycles. The van der Waals surface area contributed by atoms with Crippen LogP contribution in [0.15, 0.2) is 82.8 Å². The van der Waals surface area contributed by atoms with Gasteiger partial charge in [0.25, 0.3) is 5.56 Å². The third-order valence-electron chi connectivity index (χ3n) is 4.54. The van der Waals surface area contributed by atoms with Crippen LogP contribution in [0.1, 0.15) is 11.1 Å². The summed E-state index contributed by atoms with van der Waals surface area (Å²) in [5.74, 6) is -0.504. The van der Waals surface area contributed by atoms with Gasteiger partial charge in [0.15, 0.2) is 0 Å². The summed E-state index contributed by atoms with van der Waals surface area (Å²) < 4.78 is 40.3. The van der Waals surface area contributed by atoms with E-state index in [4.69, 9.17) is 0 Å². The Bertz CT molecular complexity index is 1310. The Morgan fingerprint density at radius 3 is 2.37 bits per heavy atom. The highest BCUT2D eigenvalue weighted by Crippen LogP contribution is 2.32. The number of hydrogen-bond acceptors (Lipinski definition) is 4. The van der Waals surface area contributed by atoms with Crippen LogP contribution in [0.3, 0.4) is 0 Å². The lowest BCUT2D eigenvalue weighted by molar-refractivity contribution is -0.137. The molecule has 0 aliphatic rings. The molecule has 0 radical (unpaired) electrons. The molecule has 4 aromatic rings. The molecular weight excluding hydrogens is 395 g/mol. The predicted octanol–water partition coefficient (Wildman–Crippen LogP) is 4.86. The number of benzene rings is 2. The fraction of sp³-hybridized carbons (Fsp3) is 0.0455. The second-order valence-corrected chi connectivity index (χ2v) is 6.44. The number of aliphatic imine (C=N–C) groups is 1. The second-order valence-electron chi connectivity index (χ2n) is 6.44. The zero-order chi connectivity index (χ0) is 21.3. The van der Waals surface area contributed by atoms with Crippen LogP contribution in [-0.2, 0) is 6.18 Å². The Morgan fingerprint density at radius 1 is 0.967 bits per heavy atom. The van der Waals surface area contributed by atoms with Crippen LogP contribution in [0.2, 0.25) is 0 Å². The maximum Gasteiger partial charge on any atom is 0.416 e. The van der Waals surface area contributed by atoms with E-state index in [0.29, 0.717) is 11.1 Å². The predicted molar refractivity (Wildman–Crippen MR) is 108 cm³/mol. The third kappa shape index (κ3) is 3.55. The van der Waals surface area contributed by atoms with Gasteiger partial charge < -0.3 is 5.11 Å². The largest absolute Gasteiger partial charge is 0.494 e. The monoisotopic (exact) mass is 409 g/mol. The SMILES string of the molecule is O=c1c2ccccc2c(C=Nc2ccncc2)c(O)n1-c1cccc(C(F)(F)F)c1. The van der Waals surface area contributed by atoms with Crippen molar-refractivity contribution in [1.82, 2.24) is 9.55 Å². The van der Waals surface area contributed by atoms with E-state index in [1.54, 1.807) is 48.8 Å². The lowest BCUT2D eigenvalue weighted by atomic mass is 10.1. The average Bonchev–Trinajstić information content (AvgIpc) is 2.74. The topological polar surface area (TPSA) is 67.5 Å². The van der Waals surface area contributed by atoms with Gasteiger partial charge in [-0.15, -0.1) is 0 Å². The second kappa shape index (κ2) is 7.47. The van der Waals surface area contributed by atoms with E-state index >= 15 is 0 Å². The maximum atomic E-state index is 13.1. The highest BCUT2D eigenvalue weighted by Gasteiger charge is 2.31. The van der Waals surface area contributed by atoms with Crippen molar-refractivity contribution >= 4 is 22.7 Å². The third-order valence-corrected chi connectivity index (χ3v) is 4.54. The number of halogens is 3. The number of aromatic nitrogens is 2. The molecule has 30 heavy (non-hydrogen) atoms. The van der Waals surface area contributed by atoms with Gasteiger partial charge in [-0.1, -0.05) is 24.3 Å². The molecule has 2 aromatic heterocycles. The van der Waals surface area contributed by atoms with Crippen LogP contribution in [0.4, 0.5) is 18.9 Å². The molecule has 0 atom stereocenters. The molecule has 0 aliphatic carbocycles. The van der Waals surface area contributed by atoms with E-state index < -0.39 is 23.2 Å². The highest BCUT2D eigenvalue weighted by molar-refractivity contribution is 6.02. The zero-order valence-corrected chi connectivity index (χ0v) is 15.3. The molecule has 5 nitrogen and oxygen atoms in total. The molecule has 4 rings (SSSR count). The minimum absolute atomic E-state index is 0.100. The normalized spacial score (nSPS) is 12.0. The summed E-state index contributed by atoms with van der Waals surface area (Å²) in [6.07, 6.45) is -0.114. The van der Waals surface area contributed by atoms with Crippen molar-refractivity contribution in [2.75, 3.05) is 0 Å². The number of fused-ring (bicyclic) bond motifs is 1. The van der Waals surface area contributed by atoms with Gasteiger partial charge in [-0.2, -0.15) is 13.2 Å². The van der Waals surface area contributed by atoms with Crippen LogP contribution in [0.25, 0.3) is 16.5 Å². The summed E-state index contributed by atoms with van der Waals surface area (Å²) in [5, 5.41) is 11.5. The highest BCUT2D eigenvalue weighted by atomic mass is 19.4. The minimum atomic E-state index is -4.59. The Kier molecular flexibility index (Phi) is 4.83.